The van der Waals surface area contributed by atoms with Crippen LogP contribution in [-0.2, 0) is 0 Å². The fourth-order valence-electron chi connectivity index (χ4n) is 2.46. The number of rotatable bonds is 4. The predicted octanol–water partition coefficient (Wildman–Crippen LogP) is 4.64. The number of benzene rings is 1. The van der Waals surface area contributed by atoms with E-state index in [1.807, 2.05) is 12.3 Å². The van der Waals surface area contributed by atoms with Gasteiger partial charge in [0.1, 0.15) is 0 Å². The van der Waals surface area contributed by atoms with Crippen LogP contribution in [0.5, 0.6) is 0 Å². The average molecular weight is 291 g/mol. The van der Waals surface area contributed by atoms with Crippen LogP contribution in [0.15, 0.2) is 36.5 Å². The van der Waals surface area contributed by atoms with E-state index in [4.69, 9.17) is 12.2 Å². The molecule has 3 heteroatoms. The molecule has 0 saturated heterocycles. The van der Waals surface area contributed by atoms with Crippen molar-refractivity contribution in [3.63, 3.8) is 0 Å². The highest BCUT2D eigenvalue weighted by Crippen LogP contribution is 2.22. The third-order valence-corrected chi connectivity index (χ3v) is 4.87. The second-order valence-electron chi connectivity index (χ2n) is 4.92. The number of hydrogen-bond acceptors (Lipinski definition) is 3. The van der Waals surface area contributed by atoms with Crippen molar-refractivity contribution in [3.8, 4) is 0 Å². The molecule has 1 aliphatic carbocycles. The summed E-state index contributed by atoms with van der Waals surface area (Å²) in [7, 11) is 0. The molecule has 1 fully saturated rings. The van der Waals surface area contributed by atoms with Crippen LogP contribution in [0.4, 0.5) is 0 Å². The molecule has 0 amide bonds. The van der Waals surface area contributed by atoms with Crippen molar-refractivity contribution in [1.29, 1.82) is 0 Å². The molecular formula is C16H21NS2. The van der Waals surface area contributed by atoms with E-state index in [1.54, 1.807) is 11.8 Å². The molecule has 0 heterocycles. The summed E-state index contributed by atoms with van der Waals surface area (Å²) >= 11 is 7.12. The van der Waals surface area contributed by atoms with E-state index in [0.717, 1.165) is 9.77 Å². The number of thioether (sulfide) groups is 1. The van der Waals surface area contributed by atoms with Crippen LogP contribution in [0.25, 0.3) is 5.57 Å². The third-order valence-electron chi connectivity index (χ3n) is 3.56. The van der Waals surface area contributed by atoms with Crippen LogP contribution in [0.3, 0.4) is 0 Å². The van der Waals surface area contributed by atoms with E-state index >= 15 is 0 Å². The van der Waals surface area contributed by atoms with Gasteiger partial charge in [0, 0.05) is 17.8 Å². The summed E-state index contributed by atoms with van der Waals surface area (Å²) in [5.74, 6) is 0. The second-order valence-corrected chi connectivity index (χ2v) is 6.40. The van der Waals surface area contributed by atoms with Gasteiger partial charge in [-0.3, -0.25) is 0 Å². The summed E-state index contributed by atoms with van der Waals surface area (Å²) in [6.45, 7) is 0. The zero-order valence-electron chi connectivity index (χ0n) is 11.4. The fraction of sp³-hybridized carbons (Fsp3) is 0.438. The minimum absolute atomic E-state index is 0.622. The van der Waals surface area contributed by atoms with Crippen LogP contribution in [0, 0.1) is 0 Å². The molecule has 0 radical (unpaired) electrons. The van der Waals surface area contributed by atoms with Gasteiger partial charge in [-0.2, -0.15) is 0 Å². The van der Waals surface area contributed by atoms with E-state index in [-0.39, 0.29) is 0 Å². The van der Waals surface area contributed by atoms with Crippen LogP contribution in [0.1, 0.15) is 37.7 Å². The fourth-order valence-corrected chi connectivity index (χ4v) is 3.03. The van der Waals surface area contributed by atoms with Gasteiger partial charge in [-0.05, 0) is 24.7 Å². The maximum absolute atomic E-state index is 5.48. The Morgan fingerprint density at radius 2 is 1.89 bits per heavy atom. The van der Waals surface area contributed by atoms with Crippen LogP contribution >= 0.6 is 24.0 Å². The normalized spacial score (nSPS) is 17.2. The largest absolute Gasteiger partial charge is 0.388 e. The van der Waals surface area contributed by atoms with Gasteiger partial charge >= 0.3 is 0 Å². The molecule has 1 saturated carbocycles. The van der Waals surface area contributed by atoms with Gasteiger partial charge in [0.2, 0.25) is 0 Å². The monoisotopic (exact) mass is 291 g/mol. The molecule has 0 bridgehead atoms. The molecule has 1 nitrogen and oxygen atoms in total. The summed E-state index contributed by atoms with van der Waals surface area (Å²) in [5, 5.41) is 3.57. The maximum atomic E-state index is 5.48. The summed E-state index contributed by atoms with van der Waals surface area (Å²) in [6, 6.07) is 11.0. The first-order valence-electron chi connectivity index (χ1n) is 6.91. The Balaban J connectivity index is 2.11. The molecule has 19 heavy (non-hydrogen) atoms. The van der Waals surface area contributed by atoms with Crippen molar-refractivity contribution in [3.05, 3.63) is 42.1 Å². The zero-order chi connectivity index (χ0) is 13.5. The molecule has 2 rings (SSSR count). The summed E-state index contributed by atoms with van der Waals surface area (Å²) in [4.78, 5) is 0. The first-order valence-corrected chi connectivity index (χ1v) is 8.54. The van der Waals surface area contributed by atoms with Gasteiger partial charge in [0.25, 0.3) is 0 Å². The van der Waals surface area contributed by atoms with Gasteiger partial charge in [0.15, 0.2) is 0 Å². The Kier molecular flexibility index (Phi) is 5.93. The van der Waals surface area contributed by atoms with E-state index in [2.05, 4.69) is 35.8 Å². The average Bonchev–Trinajstić information content (AvgIpc) is 2.49. The lowest BCUT2D eigenvalue weighted by Crippen LogP contribution is -2.27. The summed E-state index contributed by atoms with van der Waals surface area (Å²) in [6.07, 6.45) is 10.8. The van der Waals surface area contributed by atoms with Crippen molar-refractivity contribution in [2.75, 3.05) is 6.26 Å². The smallest absolute Gasteiger partial charge is 0.0796 e. The lowest BCUT2D eigenvalue weighted by molar-refractivity contribution is 0.405. The number of thiocarbonyl (C=S) groups is 1. The highest BCUT2D eigenvalue weighted by molar-refractivity contribution is 8.24. The standard InChI is InChI=1S/C16H21NS2/c1-19-16(18)15(13-8-4-2-5-9-13)12-17-14-10-6-3-7-11-14/h2,4-5,8-9,12,14,17H,3,6-7,10-11H2,1H3/b15-12-. The Morgan fingerprint density at radius 3 is 2.53 bits per heavy atom. The maximum Gasteiger partial charge on any atom is 0.0796 e. The number of nitrogens with one attached hydrogen (secondary N) is 1. The Labute approximate surface area is 125 Å². The van der Waals surface area contributed by atoms with Crippen molar-refractivity contribution in [2.45, 2.75) is 38.1 Å². The molecule has 1 aromatic carbocycles. The molecule has 0 atom stereocenters. The molecule has 1 aliphatic rings. The van der Waals surface area contributed by atoms with Crippen LogP contribution in [-0.4, -0.2) is 16.5 Å². The first-order chi connectivity index (χ1) is 9.31. The molecule has 0 unspecified atom stereocenters. The van der Waals surface area contributed by atoms with E-state index in [0.29, 0.717) is 6.04 Å². The van der Waals surface area contributed by atoms with Gasteiger partial charge in [-0.25, -0.2) is 0 Å². The molecule has 1 N–H and O–H groups in total. The Bertz CT molecular complexity index is 433. The highest BCUT2D eigenvalue weighted by Gasteiger charge is 2.13. The SMILES string of the molecule is CSC(=S)/C(=C\NC1CCCCC1)c1ccccc1. The van der Waals surface area contributed by atoms with E-state index in [1.165, 1.54) is 37.7 Å². The van der Waals surface area contributed by atoms with Gasteiger partial charge in [-0.15, -0.1) is 11.8 Å². The van der Waals surface area contributed by atoms with Gasteiger partial charge in [0.05, 0.1) is 4.20 Å². The summed E-state index contributed by atoms with van der Waals surface area (Å²) < 4.78 is 0.953. The second kappa shape index (κ2) is 7.71. The quantitative estimate of drug-likeness (QED) is 0.641. The van der Waals surface area contributed by atoms with Crippen molar-refractivity contribution in [2.24, 2.45) is 0 Å². The topological polar surface area (TPSA) is 12.0 Å². The molecule has 0 aliphatic heterocycles. The van der Waals surface area contributed by atoms with Crippen molar-refractivity contribution < 1.29 is 0 Å². The zero-order valence-corrected chi connectivity index (χ0v) is 13.0. The predicted molar refractivity (Wildman–Crippen MR) is 90.5 cm³/mol. The molecule has 0 aromatic heterocycles. The Hall–Kier alpha value is -0.800. The summed E-state index contributed by atoms with van der Waals surface area (Å²) in [5.41, 5.74) is 2.35. The first kappa shape index (κ1) is 14.6. The van der Waals surface area contributed by atoms with Crippen LogP contribution in [0.2, 0.25) is 0 Å². The molecule has 1 aromatic rings. The Morgan fingerprint density at radius 1 is 1.21 bits per heavy atom. The lowest BCUT2D eigenvalue weighted by Gasteiger charge is -2.22. The number of hydrogen-bond donors (Lipinski definition) is 1. The minimum atomic E-state index is 0.622. The van der Waals surface area contributed by atoms with Crippen molar-refractivity contribution >= 4 is 33.7 Å². The minimum Gasteiger partial charge on any atom is -0.388 e. The van der Waals surface area contributed by atoms with Gasteiger partial charge < -0.3 is 5.32 Å². The highest BCUT2D eigenvalue weighted by atomic mass is 32.2. The third kappa shape index (κ3) is 4.36. The van der Waals surface area contributed by atoms with E-state index < -0.39 is 0 Å². The van der Waals surface area contributed by atoms with Gasteiger partial charge in [-0.1, -0.05) is 61.8 Å². The van der Waals surface area contributed by atoms with Crippen LogP contribution < -0.4 is 5.32 Å². The molecule has 102 valence electrons. The molecule has 0 spiro atoms. The van der Waals surface area contributed by atoms with E-state index in [9.17, 15) is 0 Å². The van der Waals surface area contributed by atoms with Crippen molar-refractivity contribution in [1.82, 2.24) is 5.32 Å². The lowest BCUT2D eigenvalue weighted by atomic mass is 9.95. The molecular weight excluding hydrogens is 270 g/mol.